The van der Waals surface area contributed by atoms with Crippen LogP contribution in [0.5, 0.6) is 0 Å². The first-order valence-electron chi connectivity index (χ1n) is 13.6. The highest BCUT2D eigenvalue weighted by molar-refractivity contribution is 5.98. The first-order valence-corrected chi connectivity index (χ1v) is 13.6. The quantitative estimate of drug-likeness (QED) is 0.312. The van der Waals surface area contributed by atoms with Gasteiger partial charge in [0.1, 0.15) is 6.04 Å². The molecule has 0 unspecified atom stereocenters. The van der Waals surface area contributed by atoms with Gasteiger partial charge in [0.2, 0.25) is 11.9 Å². The molecule has 3 N–H and O–H groups in total. The van der Waals surface area contributed by atoms with Gasteiger partial charge in [-0.1, -0.05) is 18.2 Å². The first kappa shape index (κ1) is 26.1. The van der Waals surface area contributed by atoms with Gasteiger partial charge in [0, 0.05) is 56.4 Å². The number of aromatic amines is 1. The van der Waals surface area contributed by atoms with Crippen LogP contribution in [-0.4, -0.2) is 88.6 Å². The summed E-state index contributed by atoms with van der Waals surface area (Å²) in [5.41, 5.74) is 8.64. The number of nitrogens with zero attached hydrogens (tertiary/aromatic N) is 5. The van der Waals surface area contributed by atoms with Crippen molar-refractivity contribution in [2.45, 2.75) is 19.4 Å². The molecule has 4 aromatic rings. The normalized spacial score (nSPS) is 16.5. The van der Waals surface area contributed by atoms with E-state index in [0.29, 0.717) is 19.0 Å². The van der Waals surface area contributed by atoms with Crippen LogP contribution in [-0.2, 0) is 16.0 Å². The summed E-state index contributed by atoms with van der Waals surface area (Å²) in [6, 6.07) is 11.6. The molecule has 2 aliphatic rings. The zero-order chi connectivity index (χ0) is 27.6. The number of fused-ring (bicyclic) bond motifs is 2. The minimum atomic E-state index is -0.331. The second-order valence-electron chi connectivity index (χ2n) is 10.4. The molecule has 0 bridgehead atoms. The molecule has 2 aromatic carbocycles. The molecule has 1 aliphatic heterocycles. The van der Waals surface area contributed by atoms with Gasteiger partial charge in [-0.05, 0) is 61.3 Å². The molecule has 1 amide bonds. The monoisotopic (exact) mass is 538 g/mol. The van der Waals surface area contributed by atoms with Crippen LogP contribution in [0.2, 0.25) is 0 Å². The van der Waals surface area contributed by atoms with Crippen LogP contribution in [0.15, 0.2) is 55.0 Å². The number of allylic oxidation sites excluding steroid dienone is 1. The summed E-state index contributed by atoms with van der Waals surface area (Å²) in [5, 5.41) is 6.54. The standard InChI is InChI=1S/C30H34N8O2/c1-19-16-31-30(34-20-7-10-25-26(15-20)33-18-32-25)36-28(19)23-9-8-22-21(23)5-4-6-24(22)35-29(39)27(17-40-3)38-13-11-37(2)12-14-38/h4-7,9-10,15-16,18,27H,8,11-14,17H2,1-3H3,(H,32,33)(H,35,39)(H,31,34,36)/t27-/m1/s1. The highest BCUT2D eigenvalue weighted by Crippen LogP contribution is 2.37. The van der Waals surface area contributed by atoms with Gasteiger partial charge in [0.05, 0.1) is 29.7 Å². The number of hydrogen-bond donors (Lipinski definition) is 3. The number of methoxy groups -OCH3 is 1. The molecule has 0 saturated carbocycles. The second-order valence-corrected chi connectivity index (χ2v) is 10.4. The number of carbonyl (C=O) groups excluding carboxylic acids is 1. The van der Waals surface area contributed by atoms with Gasteiger partial charge in [-0.25, -0.2) is 15.0 Å². The SMILES string of the molecule is COC[C@H](C(=O)Nc1cccc2c1CC=C2c1nc(Nc2ccc3nc[nH]c3c2)ncc1C)N1CCN(C)CC1. The van der Waals surface area contributed by atoms with E-state index in [4.69, 9.17) is 9.72 Å². The van der Waals surface area contributed by atoms with Crippen molar-refractivity contribution in [1.82, 2.24) is 29.7 Å². The molecule has 10 nitrogen and oxygen atoms in total. The highest BCUT2D eigenvalue weighted by atomic mass is 16.5. The maximum atomic E-state index is 13.5. The van der Waals surface area contributed by atoms with Crippen LogP contribution >= 0.6 is 0 Å². The molecular formula is C30H34N8O2. The van der Waals surface area contributed by atoms with E-state index in [1.165, 1.54) is 0 Å². The van der Waals surface area contributed by atoms with Crippen molar-refractivity contribution < 1.29 is 9.53 Å². The lowest BCUT2D eigenvalue weighted by atomic mass is 9.99. The summed E-state index contributed by atoms with van der Waals surface area (Å²) in [6.45, 7) is 5.94. The fourth-order valence-corrected chi connectivity index (χ4v) is 5.49. The molecule has 3 heterocycles. The molecule has 0 spiro atoms. The Morgan fingerprint density at radius 2 is 2.00 bits per heavy atom. The molecule has 10 heteroatoms. The summed E-state index contributed by atoms with van der Waals surface area (Å²) in [5.74, 6) is 0.486. The van der Waals surface area contributed by atoms with Crippen LogP contribution in [0.4, 0.5) is 17.3 Å². The smallest absolute Gasteiger partial charge is 0.244 e. The van der Waals surface area contributed by atoms with Gasteiger partial charge in [0.25, 0.3) is 0 Å². The Kier molecular flexibility index (Phi) is 7.29. The minimum Gasteiger partial charge on any atom is -0.383 e. The Labute approximate surface area is 233 Å². The van der Waals surface area contributed by atoms with Crippen molar-refractivity contribution in [2.75, 3.05) is 57.6 Å². The Balaban J connectivity index is 1.22. The van der Waals surface area contributed by atoms with Crippen LogP contribution in [0, 0.1) is 6.92 Å². The number of nitrogens with one attached hydrogen (secondary N) is 3. The maximum absolute atomic E-state index is 13.5. The third-order valence-corrected chi connectivity index (χ3v) is 7.74. The number of anilines is 3. The Morgan fingerprint density at radius 3 is 2.83 bits per heavy atom. The van der Waals surface area contributed by atoms with Crippen molar-refractivity contribution in [3.05, 3.63) is 77.4 Å². The molecule has 2 aromatic heterocycles. The first-order chi connectivity index (χ1) is 19.5. The van der Waals surface area contributed by atoms with E-state index in [1.54, 1.807) is 13.4 Å². The molecule has 40 heavy (non-hydrogen) atoms. The molecule has 1 aliphatic carbocycles. The Morgan fingerprint density at radius 1 is 1.15 bits per heavy atom. The lowest BCUT2D eigenvalue weighted by molar-refractivity contribution is -0.124. The number of likely N-dealkylation sites (N-methyl/N-ethyl adjacent to an activating group) is 1. The average Bonchev–Trinajstić information content (AvgIpc) is 3.61. The third kappa shape index (κ3) is 5.21. The van der Waals surface area contributed by atoms with E-state index in [1.807, 2.05) is 43.5 Å². The predicted molar refractivity (Wildman–Crippen MR) is 157 cm³/mol. The van der Waals surface area contributed by atoms with Gasteiger partial charge in [-0.2, -0.15) is 0 Å². The molecule has 1 saturated heterocycles. The molecule has 0 radical (unpaired) electrons. The van der Waals surface area contributed by atoms with Crippen LogP contribution in [0.3, 0.4) is 0 Å². The van der Waals surface area contributed by atoms with Gasteiger partial charge < -0.3 is 25.3 Å². The number of hydrogen-bond acceptors (Lipinski definition) is 8. The number of ether oxygens (including phenoxy) is 1. The highest BCUT2D eigenvalue weighted by Gasteiger charge is 2.30. The van der Waals surface area contributed by atoms with Gasteiger partial charge in [-0.3, -0.25) is 9.69 Å². The summed E-state index contributed by atoms with van der Waals surface area (Å²) in [7, 11) is 3.76. The average molecular weight is 539 g/mol. The van der Waals surface area contributed by atoms with Crippen molar-refractivity contribution in [3.8, 4) is 0 Å². The number of carbonyl (C=O) groups is 1. The number of amides is 1. The fraction of sp³-hybridized carbons (Fsp3) is 0.333. The predicted octanol–water partition coefficient (Wildman–Crippen LogP) is 3.59. The number of benzene rings is 2. The lowest BCUT2D eigenvalue weighted by Crippen LogP contribution is -2.54. The van der Waals surface area contributed by atoms with E-state index >= 15 is 0 Å². The zero-order valence-corrected chi connectivity index (χ0v) is 23.1. The van der Waals surface area contributed by atoms with Crippen molar-refractivity contribution in [3.63, 3.8) is 0 Å². The van der Waals surface area contributed by atoms with Crippen LogP contribution < -0.4 is 10.6 Å². The van der Waals surface area contributed by atoms with Crippen LogP contribution in [0.1, 0.15) is 22.4 Å². The summed E-state index contributed by atoms with van der Waals surface area (Å²) < 4.78 is 5.44. The van der Waals surface area contributed by atoms with Crippen LogP contribution in [0.25, 0.3) is 16.6 Å². The third-order valence-electron chi connectivity index (χ3n) is 7.74. The lowest BCUT2D eigenvalue weighted by Gasteiger charge is -2.36. The Hall–Kier alpha value is -4.12. The number of imidazole rings is 1. The van der Waals surface area contributed by atoms with E-state index in [0.717, 1.165) is 76.5 Å². The minimum absolute atomic E-state index is 0.0350. The fourth-order valence-electron chi connectivity index (χ4n) is 5.49. The number of rotatable bonds is 8. The van der Waals surface area contributed by atoms with Gasteiger partial charge in [-0.15, -0.1) is 0 Å². The summed E-state index contributed by atoms with van der Waals surface area (Å²) in [4.78, 5) is 34.8. The molecule has 1 atom stereocenters. The Bertz CT molecular complexity index is 1570. The van der Waals surface area contributed by atoms with E-state index in [-0.39, 0.29) is 11.9 Å². The van der Waals surface area contributed by atoms with E-state index in [9.17, 15) is 4.79 Å². The number of aromatic nitrogens is 4. The van der Waals surface area contributed by atoms with E-state index < -0.39 is 0 Å². The topological polar surface area (TPSA) is 111 Å². The van der Waals surface area contributed by atoms with E-state index in [2.05, 4.69) is 54.6 Å². The number of piperazine rings is 1. The maximum Gasteiger partial charge on any atom is 0.244 e. The second kappa shape index (κ2) is 11.2. The van der Waals surface area contributed by atoms with Crippen molar-refractivity contribution >= 4 is 39.8 Å². The summed E-state index contributed by atoms with van der Waals surface area (Å²) in [6.07, 6.45) is 6.42. The van der Waals surface area contributed by atoms with Gasteiger partial charge in [0.15, 0.2) is 0 Å². The molecule has 6 rings (SSSR count). The number of H-pyrrole nitrogens is 1. The molecule has 206 valence electrons. The van der Waals surface area contributed by atoms with Crippen molar-refractivity contribution in [1.29, 1.82) is 0 Å². The van der Waals surface area contributed by atoms with Gasteiger partial charge >= 0.3 is 0 Å². The zero-order valence-electron chi connectivity index (χ0n) is 23.1. The number of aryl methyl sites for hydroxylation is 1. The van der Waals surface area contributed by atoms with Crippen molar-refractivity contribution in [2.24, 2.45) is 0 Å². The molecule has 1 fully saturated rings. The largest absolute Gasteiger partial charge is 0.383 e. The molecular weight excluding hydrogens is 504 g/mol. The summed E-state index contributed by atoms with van der Waals surface area (Å²) >= 11 is 0.